The summed E-state index contributed by atoms with van der Waals surface area (Å²) in [6, 6.07) is -0.00912. The van der Waals surface area contributed by atoms with Crippen LogP contribution in [0.1, 0.15) is 81.6 Å². The zero-order chi connectivity index (χ0) is 14.1. The van der Waals surface area contributed by atoms with Crippen LogP contribution < -0.4 is 0 Å². The van der Waals surface area contributed by atoms with Gasteiger partial charge in [0, 0.05) is 12.1 Å². The van der Waals surface area contributed by atoms with Gasteiger partial charge in [0.05, 0.1) is 6.20 Å². The molecular formula is C15H22N4O. The third-order valence-corrected chi connectivity index (χ3v) is 4.18. The van der Waals surface area contributed by atoms with E-state index in [1.165, 1.54) is 31.2 Å². The Kier molecular flexibility index (Phi) is 3.59. The summed E-state index contributed by atoms with van der Waals surface area (Å²) in [4.78, 5) is 4.45. The fraction of sp³-hybridized carbons (Fsp3) is 0.667. The highest BCUT2D eigenvalue weighted by Crippen LogP contribution is 2.34. The summed E-state index contributed by atoms with van der Waals surface area (Å²) in [5.41, 5.74) is 1.35. The SMILES string of the molecule is CC(C)c1noc(C(C)n2cc(C3CCCC3)cn2)n1. The molecule has 0 spiro atoms. The minimum absolute atomic E-state index is 0.00912. The van der Waals surface area contributed by atoms with Gasteiger partial charge in [-0.2, -0.15) is 10.1 Å². The molecule has 2 aromatic rings. The van der Waals surface area contributed by atoms with Crippen LogP contribution in [0.15, 0.2) is 16.9 Å². The molecule has 1 aliphatic rings. The Labute approximate surface area is 119 Å². The second-order valence-corrected chi connectivity index (χ2v) is 6.06. The van der Waals surface area contributed by atoms with Gasteiger partial charge in [0.1, 0.15) is 6.04 Å². The molecule has 0 bridgehead atoms. The summed E-state index contributed by atoms with van der Waals surface area (Å²) in [6.07, 6.45) is 9.39. The largest absolute Gasteiger partial charge is 0.337 e. The summed E-state index contributed by atoms with van der Waals surface area (Å²) in [5, 5.41) is 8.50. The molecule has 1 aliphatic carbocycles. The zero-order valence-electron chi connectivity index (χ0n) is 12.4. The van der Waals surface area contributed by atoms with Crippen molar-refractivity contribution in [2.45, 2.75) is 64.3 Å². The highest BCUT2D eigenvalue weighted by molar-refractivity contribution is 5.13. The molecule has 0 N–H and O–H groups in total. The van der Waals surface area contributed by atoms with E-state index in [0.29, 0.717) is 11.8 Å². The average Bonchev–Trinajstić information content (AvgIpc) is 3.17. The van der Waals surface area contributed by atoms with Gasteiger partial charge >= 0.3 is 0 Å². The third kappa shape index (κ3) is 2.49. The maximum Gasteiger partial charge on any atom is 0.251 e. The van der Waals surface area contributed by atoms with Gasteiger partial charge in [0.25, 0.3) is 5.89 Å². The van der Waals surface area contributed by atoms with Crippen molar-refractivity contribution in [1.82, 2.24) is 19.9 Å². The van der Waals surface area contributed by atoms with E-state index in [9.17, 15) is 0 Å². The van der Waals surface area contributed by atoms with E-state index in [-0.39, 0.29) is 12.0 Å². The van der Waals surface area contributed by atoms with Crippen molar-refractivity contribution in [3.63, 3.8) is 0 Å². The van der Waals surface area contributed by atoms with Gasteiger partial charge in [-0.1, -0.05) is 31.8 Å². The molecule has 5 heteroatoms. The minimum Gasteiger partial charge on any atom is -0.337 e. The van der Waals surface area contributed by atoms with Gasteiger partial charge in [-0.3, -0.25) is 4.68 Å². The van der Waals surface area contributed by atoms with E-state index < -0.39 is 0 Å². The molecule has 1 unspecified atom stereocenters. The molecule has 0 amide bonds. The Morgan fingerprint density at radius 3 is 2.65 bits per heavy atom. The summed E-state index contributed by atoms with van der Waals surface area (Å²) >= 11 is 0. The summed E-state index contributed by atoms with van der Waals surface area (Å²) in [6.45, 7) is 6.17. The second-order valence-electron chi connectivity index (χ2n) is 6.06. The van der Waals surface area contributed by atoms with Crippen molar-refractivity contribution in [3.05, 3.63) is 29.7 Å². The lowest BCUT2D eigenvalue weighted by atomic mass is 10.0. The van der Waals surface area contributed by atoms with Crippen LogP contribution in [0.5, 0.6) is 0 Å². The molecular weight excluding hydrogens is 252 g/mol. The lowest BCUT2D eigenvalue weighted by Gasteiger charge is -2.07. The first-order valence-electron chi connectivity index (χ1n) is 7.52. The van der Waals surface area contributed by atoms with Gasteiger partial charge in [-0.05, 0) is 31.2 Å². The maximum absolute atomic E-state index is 5.35. The predicted molar refractivity (Wildman–Crippen MR) is 75.6 cm³/mol. The highest BCUT2D eigenvalue weighted by atomic mass is 16.5. The normalized spacial score (nSPS) is 18.0. The standard InChI is InChI=1S/C15H22N4O/c1-10(2)14-17-15(20-18-14)11(3)19-9-13(8-16-19)12-6-4-5-7-12/h8-12H,4-7H2,1-3H3. The predicted octanol–water partition coefficient (Wildman–Crippen LogP) is 3.66. The Morgan fingerprint density at radius 1 is 1.25 bits per heavy atom. The Morgan fingerprint density at radius 2 is 2.00 bits per heavy atom. The molecule has 0 aromatic carbocycles. The first-order valence-corrected chi connectivity index (χ1v) is 7.52. The summed E-state index contributed by atoms with van der Waals surface area (Å²) in [5.74, 6) is 2.36. The lowest BCUT2D eigenvalue weighted by Crippen LogP contribution is -2.08. The molecule has 20 heavy (non-hydrogen) atoms. The quantitative estimate of drug-likeness (QED) is 0.853. The van der Waals surface area contributed by atoms with Crippen LogP contribution >= 0.6 is 0 Å². The van der Waals surface area contributed by atoms with Gasteiger partial charge in [0.15, 0.2) is 5.82 Å². The molecule has 0 aliphatic heterocycles. The monoisotopic (exact) mass is 274 g/mol. The Hall–Kier alpha value is -1.65. The van der Waals surface area contributed by atoms with Crippen LogP contribution in [-0.2, 0) is 0 Å². The van der Waals surface area contributed by atoms with Crippen molar-refractivity contribution in [3.8, 4) is 0 Å². The van der Waals surface area contributed by atoms with Crippen LogP contribution in [0.3, 0.4) is 0 Å². The fourth-order valence-electron chi connectivity index (χ4n) is 2.80. The van der Waals surface area contributed by atoms with E-state index in [1.54, 1.807) is 0 Å². The van der Waals surface area contributed by atoms with Gasteiger partial charge in [0.2, 0.25) is 0 Å². The number of hydrogen-bond acceptors (Lipinski definition) is 4. The second kappa shape index (κ2) is 5.38. The van der Waals surface area contributed by atoms with Crippen LogP contribution in [0.4, 0.5) is 0 Å². The smallest absolute Gasteiger partial charge is 0.251 e. The van der Waals surface area contributed by atoms with Gasteiger partial charge in [-0.25, -0.2) is 0 Å². The average molecular weight is 274 g/mol. The van der Waals surface area contributed by atoms with Crippen LogP contribution in [0, 0.1) is 0 Å². The van der Waals surface area contributed by atoms with E-state index in [1.807, 2.05) is 17.8 Å². The van der Waals surface area contributed by atoms with E-state index in [0.717, 1.165) is 5.82 Å². The summed E-state index contributed by atoms with van der Waals surface area (Å²) < 4.78 is 7.29. The zero-order valence-corrected chi connectivity index (χ0v) is 12.4. The minimum atomic E-state index is -0.00912. The molecule has 2 aromatic heterocycles. The molecule has 108 valence electrons. The van der Waals surface area contributed by atoms with E-state index in [2.05, 4.69) is 35.3 Å². The van der Waals surface area contributed by atoms with E-state index >= 15 is 0 Å². The van der Waals surface area contributed by atoms with Crippen molar-refractivity contribution in [2.75, 3.05) is 0 Å². The van der Waals surface area contributed by atoms with Crippen LogP contribution in [0.25, 0.3) is 0 Å². The van der Waals surface area contributed by atoms with Crippen molar-refractivity contribution in [2.24, 2.45) is 0 Å². The molecule has 2 heterocycles. The Balaban J connectivity index is 1.77. The van der Waals surface area contributed by atoms with E-state index in [4.69, 9.17) is 4.52 Å². The molecule has 0 radical (unpaired) electrons. The fourth-order valence-corrected chi connectivity index (χ4v) is 2.80. The Bertz CT molecular complexity index is 566. The molecule has 1 saturated carbocycles. The molecule has 3 rings (SSSR count). The maximum atomic E-state index is 5.35. The number of nitrogens with zero attached hydrogens (tertiary/aromatic N) is 4. The highest BCUT2D eigenvalue weighted by Gasteiger charge is 2.22. The van der Waals surface area contributed by atoms with Crippen LogP contribution in [-0.4, -0.2) is 19.9 Å². The van der Waals surface area contributed by atoms with Crippen molar-refractivity contribution < 1.29 is 4.52 Å². The van der Waals surface area contributed by atoms with Gasteiger partial charge < -0.3 is 4.52 Å². The third-order valence-electron chi connectivity index (χ3n) is 4.18. The number of rotatable bonds is 4. The number of aromatic nitrogens is 4. The molecule has 5 nitrogen and oxygen atoms in total. The lowest BCUT2D eigenvalue weighted by molar-refractivity contribution is 0.332. The first kappa shape index (κ1) is 13.3. The topological polar surface area (TPSA) is 56.7 Å². The molecule has 1 fully saturated rings. The first-order chi connectivity index (χ1) is 9.65. The number of hydrogen-bond donors (Lipinski definition) is 0. The summed E-state index contributed by atoms with van der Waals surface area (Å²) in [7, 11) is 0. The van der Waals surface area contributed by atoms with Gasteiger partial charge in [-0.15, -0.1) is 0 Å². The molecule has 0 saturated heterocycles. The van der Waals surface area contributed by atoms with Crippen molar-refractivity contribution in [1.29, 1.82) is 0 Å². The van der Waals surface area contributed by atoms with Crippen LogP contribution in [0.2, 0.25) is 0 Å². The molecule has 1 atom stereocenters. The van der Waals surface area contributed by atoms with Crippen molar-refractivity contribution >= 4 is 0 Å².